The van der Waals surface area contributed by atoms with Gasteiger partial charge in [-0.05, 0) is 38.0 Å². The van der Waals surface area contributed by atoms with Crippen molar-refractivity contribution in [3.63, 3.8) is 0 Å². The highest BCUT2D eigenvalue weighted by molar-refractivity contribution is 14.0. The molecule has 0 heterocycles. The highest BCUT2D eigenvalue weighted by Gasteiger charge is 2.06. The summed E-state index contributed by atoms with van der Waals surface area (Å²) in [5, 5.41) is 6.46. The Morgan fingerprint density at radius 2 is 1.92 bits per heavy atom. The van der Waals surface area contributed by atoms with Crippen molar-refractivity contribution in [2.75, 3.05) is 33.1 Å². The molecule has 0 aliphatic rings. The quantitative estimate of drug-likeness (QED) is 0.345. The van der Waals surface area contributed by atoms with E-state index in [-0.39, 0.29) is 30.0 Å². The van der Waals surface area contributed by atoms with Crippen molar-refractivity contribution in [3.05, 3.63) is 29.8 Å². The lowest BCUT2D eigenvalue weighted by Crippen LogP contribution is -2.44. The summed E-state index contributed by atoms with van der Waals surface area (Å²) in [6.07, 6.45) is 1.96. The van der Waals surface area contributed by atoms with E-state index >= 15 is 0 Å². The van der Waals surface area contributed by atoms with Crippen LogP contribution in [0.25, 0.3) is 0 Å². The highest BCUT2D eigenvalue weighted by Crippen LogP contribution is 2.10. The van der Waals surface area contributed by atoms with Gasteiger partial charge in [0.1, 0.15) is 0 Å². The predicted octanol–water partition coefficient (Wildman–Crippen LogP) is 1.84. The number of benzene rings is 1. The van der Waals surface area contributed by atoms with Gasteiger partial charge in [-0.25, -0.2) is 8.42 Å². The summed E-state index contributed by atoms with van der Waals surface area (Å²) in [5.41, 5.74) is 1.06. The van der Waals surface area contributed by atoms with Gasteiger partial charge in [-0.2, -0.15) is 0 Å². The van der Waals surface area contributed by atoms with Gasteiger partial charge in [-0.15, -0.1) is 24.0 Å². The van der Waals surface area contributed by atoms with Crippen LogP contribution in [0.2, 0.25) is 0 Å². The van der Waals surface area contributed by atoms with Gasteiger partial charge in [0, 0.05) is 32.5 Å². The summed E-state index contributed by atoms with van der Waals surface area (Å²) in [6, 6.07) is 7.11. The van der Waals surface area contributed by atoms with Crippen LogP contribution in [0.1, 0.15) is 19.4 Å². The molecule has 0 spiro atoms. The van der Waals surface area contributed by atoms with Crippen molar-refractivity contribution in [3.8, 4) is 0 Å². The monoisotopic (exact) mass is 469 g/mol. The molecule has 0 fully saturated rings. The second-order valence-corrected chi connectivity index (χ2v) is 7.44. The van der Waals surface area contributed by atoms with Crippen LogP contribution in [0.15, 0.2) is 34.2 Å². The first-order valence-electron chi connectivity index (χ1n) is 7.69. The number of halogens is 1. The van der Waals surface area contributed by atoms with Gasteiger partial charge in [0.05, 0.1) is 11.5 Å². The van der Waals surface area contributed by atoms with E-state index in [0.717, 1.165) is 24.5 Å². The molecule has 0 aromatic heterocycles. The fraction of sp³-hybridized carbons (Fsp3) is 0.562. The number of hydrogen-bond donors (Lipinski definition) is 2. The summed E-state index contributed by atoms with van der Waals surface area (Å²) < 4.78 is 28.0. The Bertz CT molecular complexity index is 603. The van der Waals surface area contributed by atoms with E-state index in [9.17, 15) is 8.42 Å². The van der Waals surface area contributed by atoms with Crippen molar-refractivity contribution in [2.24, 2.45) is 4.99 Å². The number of nitrogens with zero attached hydrogens (tertiary/aromatic N) is 1. The molecular weight excluding hydrogens is 441 g/mol. The average Bonchev–Trinajstić information content (AvgIpc) is 2.47. The highest BCUT2D eigenvalue weighted by atomic mass is 127. The number of rotatable bonds is 8. The van der Waals surface area contributed by atoms with Crippen LogP contribution in [0.4, 0.5) is 0 Å². The van der Waals surface area contributed by atoms with Crippen LogP contribution < -0.4 is 10.6 Å². The third-order valence-electron chi connectivity index (χ3n) is 3.17. The SMILES string of the molecule is CCNC(=NCCc1ccc(S(C)(=O)=O)cc1)NC(C)COC.I. The van der Waals surface area contributed by atoms with Gasteiger partial charge in [0.2, 0.25) is 0 Å². The Hall–Kier alpha value is -0.870. The van der Waals surface area contributed by atoms with E-state index in [1.165, 1.54) is 6.26 Å². The third-order valence-corrected chi connectivity index (χ3v) is 4.29. The van der Waals surface area contributed by atoms with Crippen molar-refractivity contribution < 1.29 is 13.2 Å². The topological polar surface area (TPSA) is 79.8 Å². The van der Waals surface area contributed by atoms with Crippen LogP contribution in [-0.4, -0.2) is 53.5 Å². The third kappa shape index (κ3) is 8.84. The molecule has 1 unspecified atom stereocenters. The maximum absolute atomic E-state index is 11.4. The van der Waals surface area contributed by atoms with Gasteiger partial charge in [0.25, 0.3) is 0 Å². The summed E-state index contributed by atoms with van der Waals surface area (Å²) in [4.78, 5) is 4.86. The van der Waals surface area contributed by atoms with E-state index in [4.69, 9.17) is 4.74 Å². The minimum atomic E-state index is -3.14. The van der Waals surface area contributed by atoms with Crippen LogP contribution in [0, 0.1) is 0 Å². The molecule has 6 nitrogen and oxygen atoms in total. The van der Waals surface area contributed by atoms with Crippen LogP contribution in [0.5, 0.6) is 0 Å². The van der Waals surface area contributed by atoms with E-state index in [1.54, 1.807) is 19.2 Å². The molecule has 1 atom stereocenters. The minimum absolute atomic E-state index is 0. The van der Waals surface area contributed by atoms with Gasteiger partial charge >= 0.3 is 0 Å². The lowest BCUT2D eigenvalue weighted by atomic mass is 10.1. The molecule has 24 heavy (non-hydrogen) atoms. The lowest BCUT2D eigenvalue weighted by Gasteiger charge is -2.16. The summed E-state index contributed by atoms with van der Waals surface area (Å²) in [7, 11) is -1.47. The van der Waals surface area contributed by atoms with Crippen molar-refractivity contribution in [1.29, 1.82) is 0 Å². The zero-order valence-corrected chi connectivity index (χ0v) is 17.9. The molecular formula is C16H28IN3O3S. The molecule has 8 heteroatoms. The molecule has 1 aromatic carbocycles. The molecule has 0 amide bonds. The maximum Gasteiger partial charge on any atom is 0.191 e. The molecule has 0 saturated heterocycles. The second kappa shape index (κ2) is 11.6. The minimum Gasteiger partial charge on any atom is -0.383 e. The van der Waals surface area contributed by atoms with Gasteiger partial charge in [-0.1, -0.05) is 12.1 Å². The van der Waals surface area contributed by atoms with E-state index in [1.807, 2.05) is 26.0 Å². The number of methoxy groups -OCH3 is 1. The Labute approximate surface area is 162 Å². The Balaban J connectivity index is 0.00000529. The average molecular weight is 469 g/mol. The standard InChI is InChI=1S/C16H27N3O3S.HI/c1-5-17-16(19-13(2)12-22-3)18-11-10-14-6-8-15(9-7-14)23(4,20)21;/h6-9,13H,5,10-12H2,1-4H3,(H2,17,18,19);1H. The van der Waals surface area contributed by atoms with E-state index < -0.39 is 9.84 Å². The van der Waals surface area contributed by atoms with Gasteiger partial charge < -0.3 is 15.4 Å². The van der Waals surface area contributed by atoms with Crippen LogP contribution >= 0.6 is 24.0 Å². The number of aliphatic imine (C=N–C) groups is 1. The Morgan fingerprint density at radius 1 is 1.29 bits per heavy atom. The first kappa shape index (κ1) is 23.1. The molecule has 0 aliphatic heterocycles. The predicted molar refractivity (Wildman–Crippen MR) is 109 cm³/mol. The molecule has 1 rings (SSSR count). The first-order chi connectivity index (χ1) is 10.9. The Kier molecular flexibility index (Phi) is 11.2. The normalized spacial score (nSPS) is 13.1. The lowest BCUT2D eigenvalue weighted by molar-refractivity contribution is 0.179. The number of guanidine groups is 1. The molecule has 138 valence electrons. The maximum atomic E-state index is 11.4. The zero-order chi connectivity index (χ0) is 17.3. The fourth-order valence-electron chi connectivity index (χ4n) is 2.05. The summed E-state index contributed by atoms with van der Waals surface area (Å²) in [5.74, 6) is 0.754. The number of sulfone groups is 1. The second-order valence-electron chi connectivity index (χ2n) is 5.43. The molecule has 2 N–H and O–H groups in total. The summed E-state index contributed by atoms with van der Waals surface area (Å²) in [6.45, 7) is 6.06. The smallest absolute Gasteiger partial charge is 0.191 e. The largest absolute Gasteiger partial charge is 0.383 e. The van der Waals surface area contributed by atoms with Crippen molar-refractivity contribution in [1.82, 2.24) is 10.6 Å². The van der Waals surface area contributed by atoms with Crippen LogP contribution in [0.3, 0.4) is 0 Å². The zero-order valence-electron chi connectivity index (χ0n) is 14.7. The van der Waals surface area contributed by atoms with Gasteiger partial charge in [-0.3, -0.25) is 4.99 Å². The van der Waals surface area contributed by atoms with Gasteiger partial charge in [0.15, 0.2) is 15.8 Å². The number of ether oxygens (including phenoxy) is 1. The number of nitrogens with one attached hydrogen (secondary N) is 2. The van der Waals surface area contributed by atoms with E-state index in [2.05, 4.69) is 15.6 Å². The molecule has 1 aromatic rings. The number of hydrogen-bond acceptors (Lipinski definition) is 4. The van der Waals surface area contributed by atoms with Crippen LogP contribution in [-0.2, 0) is 21.0 Å². The van der Waals surface area contributed by atoms with Crippen molar-refractivity contribution >= 4 is 39.8 Å². The molecule has 0 bridgehead atoms. The summed E-state index contributed by atoms with van der Waals surface area (Å²) >= 11 is 0. The van der Waals surface area contributed by atoms with E-state index in [0.29, 0.717) is 18.0 Å². The molecule has 0 saturated carbocycles. The molecule has 0 radical (unpaired) electrons. The van der Waals surface area contributed by atoms with Crippen molar-refractivity contribution in [2.45, 2.75) is 31.2 Å². The fourth-order valence-corrected chi connectivity index (χ4v) is 2.68. The first-order valence-corrected chi connectivity index (χ1v) is 9.58. The Morgan fingerprint density at radius 3 is 2.42 bits per heavy atom. The molecule has 0 aliphatic carbocycles.